The molecule has 0 fully saturated rings. The topological polar surface area (TPSA) is 169 Å². The third-order valence-electron chi connectivity index (χ3n) is 3.91. The highest BCUT2D eigenvalue weighted by Gasteiger charge is 2.20. The van der Waals surface area contributed by atoms with E-state index in [4.69, 9.17) is 10.5 Å². The zero-order valence-electron chi connectivity index (χ0n) is 15.4. The number of carbonyl (C=O) groups excluding carboxylic acids is 1. The number of ether oxygens (including phenoxy) is 1. The second-order valence-electron chi connectivity index (χ2n) is 6.07. The number of carbonyl (C=O) groups is 2. The number of fused-ring (bicyclic) bond motifs is 1. The van der Waals surface area contributed by atoms with E-state index in [0.29, 0.717) is 0 Å². The first-order chi connectivity index (χ1) is 13.8. The Morgan fingerprint density at radius 1 is 1.24 bits per heavy atom. The van der Waals surface area contributed by atoms with Gasteiger partial charge in [-0.15, -0.1) is 0 Å². The molecular formula is C18H21N5O6. The van der Waals surface area contributed by atoms with Gasteiger partial charge < -0.3 is 20.9 Å². The zero-order chi connectivity index (χ0) is 21.2. The van der Waals surface area contributed by atoms with Crippen LogP contribution in [0.1, 0.15) is 18.4 Å². The molecule has 0 saturated carbocycles. The van der Waals surface area contributed by atoms with Gasteiger partial charge in [-0.1, -0.05) is 41.8 Å². The summed E-state index contributed by atoms with van der Waals surface area (Å²) in [6, 6.07) is 12.2. The second-order valence-corrected chi connectivity index (χ2v) is 6.07. The summed E-state index contributed by atoms with van der Waals surface area (Å²) in [5.41, 5.74) is 7.70. The maximum Gasteiger partial charge on any atom is 0.408 e. The number of nitrogens with two attached hydrogens (primary N) is 1. The molecule has 0 saturated heterocycles. The van der Waals surface area contributed by atoms with E-state index >= 15 is 0 Å². The smallest absolute Gasteiger partial charge is 0.408 e. The van der Waals surface area contributed by atoms with Crippen molar-refractivity contribution in [2.75, 3.05) is 6.54 Å². The highest BCUT2D eigenvalue weighted by molar-refractivity contribution is 5.83. The van der Waals surface area contributed by atoms with Crippen molar-refractivity contribution in [2.45, 2.75) is 25.5 Å². The minimum atomic E-state index is -1.23. The van der Waals surface area contributed by atoms with Gasteiger partial charge in [0.2, 0.25) is 0 Å². The van der Waals surface area contributed by atoms with Crippen LogP contribution in [0.5, 0.6) is 0 Å². The number of hydrazine groups is 1. The summed E-state index contributed by atoms with van der Waals surface area (Å²) in [5, 5.41) is 22.9. The van der Waals surface area contributed by atoms with Crippen molar-refractivity contribution in [1.82, 2.24) is 10.7 Å². The average Bonchev–Trinajstić information content (AvgIpc) is 2.67. The number of rotatable bonds is 9. The number of hydrogen-bond acceptors (Lipinski definition) is 6. The van der Waals surface area contributed by atoms with Gasteiger partial charge in [0.15, 0.2) is 5.03 Å². The minimum absolute atomic E-state index is 0.00358. The number of benzene rings is 2. The molecule has 0 aliphatic heterocycles. The molecular weight excluding hydrogens is 382 g/mol. The van der Waals surface area contributed by atoms with Gasteiger partial charge in [0.05, 0.1) is 0 Å². The van der Waals surface area contributed by atoms with E-state index in [0.717, 1.165) is 16.3 Å². The molecule has 2 aromatic carbocycles. The lowest BCUT2D eigenvalue weighted by atomic mass is 10.1. The van der Waals surface area contributed by atoms with Crippen LogP contribution in [0.25, 0.3) is 10.8 Å². The van der Waals surface area contributed by atoms with E-state index in [1.165, 1.54) is 0 Å². The van der Waals surface area contributed by atoms with Crippen LogP contribution in [0, 0.1) is 10.1 Å². The fourth-order valence-corrected chi connectivity index (χ4v) is 2.54. The number of guanidine groups is 1. The average molecular weight is 403 g/mol. The number of aliphatic carboxylic acids is 1. The lowest BCUT2D eigenvalue weighted by Crippen LogP contribution is -2.41. The Morgan fingerprint density at radius 3 is 2.66 bits per heavy atom. The number of carboxylic acids is 1. The molecule has 11 nitrogen and oxygen atoms in total. The molecule has 0 radical (unpaired) electrons. The van der Waals surface area contributed by atoms with Gasteiger partial charge in [0, 0.05) is 6.54 Å². The number of aliphatic imine (C=N–C) groups is 1. The molecule has 0 spiro atoms. The predicted octanol–water partition coefficient (Wildman–Crippen LogP) is 1.40. The quantitative estimate of drug-likeness (QED) is 0.160. The van der Waals surface area contributed by atoms with Crippen LogP contribution >= 0.6 is 0 Å². The Labute approximate surface area is 165 Å². The monoisotopic (exact) mass is 403 g/mol. The molecule has 5 N–H and O–H groups in total. The lowest BCUT2D eigenvalue weighted by molar-refractivity contribution is -0.525. The number of carboxylic acid groups (broad SMARTS) is 1. The van der Waals surface area contributed by atoms with Crippen molar-refractivity contribution in [1.29, 1.82) is 0 Å². The standard InChI is InChI=1S/C18H21N5O6/c19-17(22-23(27)28)20-9-3-6-15(16(24)25)21-18(26)29-11-12-7-8-13-4-1-2-5-14(13)10-12/h1-2,4-5,7-8,10,15H,3,6,9,11H2,(H,21,26)(H,24,25)(H3,19,20,22). The molecule has 2 aromatic rings. The van der Waals surface area contributed by atoms with Crippen molar-refractivity contribution in [3.05, 3.63) is 58.1 Å². The SMILES string of the molecule is NC(=NCCCC(NC(=O)OCc1ccc2ccccc2c1)C(=O)O)N[N+](=O)[O-]. The minimum Gasteiger partial charge on any atom is -0.480 e. The normalized spacial score (nSPS) is 12.2. The van der Waals surface area contributed by atoms with E-state index in [-0.39, 0.29) is 32.0 Å². The lowest BCUT2D eigenvalue weighted by Gasteiger charge is -2.14. The molecule has 0 aliphatic carbocycles. The van der Waals surface area contributed by atoms with Gasteiger partial charge in [-0.05, 0) is 35.2 Å². The molecule has 11 heteroatoms. The Bertz CT molecular complexity index is 917. The van der Waals surface area contributed by atoms with Crippen LogP contribution in [-0.2, 0) is 16.1 Å². The summed E-state index contributed by atoms with van der Waals surface area (Å²) >= 11 is 0. The summed E-state index contributed by atoms with van der Waals surface area (Å²) in [5.74, 6) is -1.61. The van der Waals surface area contributed by atoms with Gasteiger partial charge in [-0.3, -0.25) is 0 Å². The van der Waals surface area contributed by atoms with Crippen molar-refractivity contribution in [3.8, 4) is 0 Å². The molecule has 2 rings (SSSR count). The molecule has 29 heavy (non-hydrogen) atoms. The number of nitrogens with zero attached hydrogens (tertiary/aromatic N) is 2. The molecule has 0 aromatic heterocycles. The predicted molar refractivity (Wildman–Crippen MR) is 105 cm³/mol. The summed E-state index contributed by atoms with van der Waals surface area (Å²) in [6.45, 7) is 0.0562. The van der Waals surface area contributed by atoms with Crippen molar-refractivity contribution >= 4 is 28.8 Å². The number of hydrogen-bond donors (Lipinski definition) is 4. The Balaban J connectivity index is 1.80. The van der Waals surface area contributed by atoms with Gasteiger partial charge in [0.25, 0.3) is 5.96 Å². The van der Waals surface area contributed by atoms with Crippen LogP contribution in [0.3, 0.4) is 0 Å². The highest BCUT2D eigenvalue weighted by atomic mass is 16.7. The van der Waals surface area contributed by atoms with Crippen molar-refractivity contribution in [2.24, 2.45) is 10.7 Å². The van der Waals surface area contributed by atoms with E-state index in [1.807, 2.05) is 42.5 Å². The second kappa shape index (κ2) is 10.4. The van der Waals surface area contributed by atoms with E-state index in [2.05, 4.69) is 10.3 Å². The van der Waals surface area contributed by atoms with Crippen LogP contribution in [-0.4, -0.2) is 40.7 Å². The molecule has 1 unspecified atom stereocenters. The first-order valence-corrected chi connectivity index (χ1v) is 8.70. The number of alkyl carbamates (subject to hydrolysis) is 1. The summed E-state index contributed by atoms with van der Waals surface area (Å²) < 4.78 is 5.10. The van der Waals surface area contributed by atoms with Gasteiger partial charge >= 0.3 is 12.1 Å². The van der Waals surface area contributed by atoms with Gasteiger partial charge in [0.1, 0.15) is 12.6 Å². The molecule has 0 bridgehead atoms. The fraction of sp³-hybridized carbons (Fsp3) is 0.278. The summed E-state index contributed by atoms with van der Waals surface area (Å²) in [7, 11) is 0. The zero-order valence-corrected chi connectivity index (χ0v) is 15.4. The third kappa shape index (κ3) is 7.33. The summed E-state index contributed by atoms with van der Waals surface area (Å²) in [6.07, 6.45) is -0.568. The van der Waals surface area contributed by atoms with Gasteiger partial charge in [-0.2, -0.15) is 0 Å². The Kier molecular flexibility index (Phi) is 7.71. The number of nitrogens with one attached hydrogen (secondary N) is 2. The number of nitro groups is 1. The fourth-order valence-electron chi connectivity index (χ4n) is 2.54. The first-order valence-electron chi connectivity index (χ1n) is 8.70. The third-order valence-corrected chi connectivity index (χ3v) is 3.91. The van der Waals surface area contributed by atoms with E-state index in [9.17, 15) is 24.8 Å². The van der Waals surface area contributed by atoms with E-state index < -0.39 is 23.1 Å². The molecule has 154 valence electrons. The van der Waals surface area contributed by atoms with Crippen LogP contribution in [0.4, 0.5) is 4.79 Å². The van der Waals surface area contributed by atoms with Gasteiger partial charge in [-0.25, -0.2) is 24.7 Å². The number of amides is 1. The molecule has 0 heterocycles. The van der Waals surface area contributed by atoms with E-state index in [1.54, 1.807) is 5.43 Å². The van der Waals surface area contributed by atoms with Crippen molar-refractivity contribution < 1.29 is 24.5 Å². The molecule has 1 amide bonds. The molecule has 1 atom stereocenters. The first kappa shape index (κ1) is 21.4. The maximum absolute atomic E-state index is 11.9. The molecule has 0 aliphatic rings. The maximum atomic E-state index is 11.9. The summed E-state index contributed by atoms with van der Waals surface area (Å²) in [4.78, 5) is 37.1. The van der Waals surface area contributed by atoms with Crippen LogP contribution in [0.2, 0.25) is 0 Å². The van der Waals surface area contributed by atoms with Crippen LogP contribution < -0.4 is 16.5 Å². The largest absolute Gasteiger partial charge is 0.480 e. The van der Waals surface area contributed by atoms with Crippen molar-refractivity contribution in [3.63, 3.8) is 0 Å². The highest BCUT2D eigenvalue weighted by Crippen LogP contribution is 2.16. The van der Waals surface area contributed by atoms with Crippen LogP contribution in [0.15, 0.2) is 47.5 Å². The Hall–Kier alpha value is -3.89. The Morgan fingerprint density at radius 2 is 1.97 bits per heavy atom.